The van der Waals surface area contributed by atoms with E-state index in [1.807, 2.05) is 30.3 Å². The highest BCUT2D eigenvalue weighted by atomic mass is 32.2. The van der Waals surface area contributed by atoms with Crippen LogP contribution < -0.4 is 28.9 Å². The number of hydrogen-bond donors (Lipinski definition) is 0. The molecule has 0 amide bonds. The highest BCUT2D eigenvalue weighted by molar-refractivity contribution is 8.00. The highest BCUT2D eigenvalue weighted by Gasteiger charge is 2.41. The number of nitrogens with zero attached hydrogens (tertiary/aromatic N) is 3. The van der Waals surface area contributed by atoms with Gasteiger partial charge in [0.15, 0.2) is 0 Å². The van der Waals surface area contributed by atoms with E-state index in [9.17, 15) is 0 Å². The molecule has 140 heavy (non-hydrogen) atoms. The summed E-state index contributed by atoms with van der Waals surface area (Å²) in [5.41, 5.74) is 35.6. The quantitative estimate of drug-likeness (QED) is 0.120. The average Bonchev–Trinajstić information content (AvgIpc) is 1.61. The summed E-state index contributed by atoms with van der Waals surface area (Å²) in [6, 6.07) is 165. The molecule has 8 heteroatoms. The topological polar surface area (TPSA) is 37.4 Å². The zero-order valence-electron chi connectivity index (χ0n) is 79.2. The molecule has 0 unspecified atom stereocenters. The molecule has 3 aliphatic heterocycles. The molecular weight excluding hydrogens is 1740 g/mol. The lowest BCUT2D eigenvalue weighted by atomic mass is 9.75. The Morgan fingerprint density at radius 1 is 0.171 bits per heavy atom. The van der Waals surface area contributed by atoms with Crippen LogP contribution in [0.5, 0.6) is 34.5 Å². The predicted octanol–water partition coefficient (Wildman–Crippen LogP) is 37.8. The van der Waals surface area contributed by atoms with Crippen molar-refractivity contribution in [1.82, 2.24) is 0 Å². The standard InChI is InChI=1S/C46H37NO.2C43H31NOS/c1-45(2)38-16-8-7-15-36(38)37-26-25-34(29-40(37)45)47(42-18-11-13-31-12-5-6-14-35(31)42)33-23-20-30(21-24-33)32-22-27-44-41(28-32)46(3,4)39-17-9-10-19-43(39)48-44;1-43(2)36-14-6-5-13-34(36)35-24-23-32(27-37(35)43)44(38-15-9-11-29-10-3-4-12-33(29)38)31-21-18-28(19-22-31)30-20-25-42-40(26-30)45-39-16-7-8-17-41(39)46-42;1-43(2)36-14-6-5-13-34(36)35-24-23-32(27-37(35)43)44(38-15-9-11-29-10-3-4-12-33(29)38)31-21-18-28(19-22-31)30-20-25-40-42(26-30)46-41-17-8-7-16-39(41)45-40/h5-29H,1-4H3;2*3-27H,1-2H3. The van der Waals surface area contributed by atoms with Crippen molar-refractivity contribution in [2.45, 2.75) is 96.6 Å². The van der Waals surface area contributed by atoms with Crippen LogP contribution in [-0.2, 0) is 21.7 Å². The molecule has 0 aromatic heterocycles. The summed E-state index contributed by atoms with van der Waals surface area (Å²) in [4.78, 5) is 11.8. The predicted molar refractivity (Wildman–Crippen MR) is 585 cm³/mol. The van der Waals surface area contributed by atoms with Gasteiger partial charge in [-0.1, -0.05) is 376 Å². The number of ether oxygens (including phenoxy) is 3. The summed E-state index contributed by atoms with van der Waals surface area (Å²) in [6.45, 7) is 18.7. The van der Waals surface area contributed by atoms with Gasteiger partial charge >= 0.3 is 0 Å². The van der Waals surface area contributed by atoms with Crippen LogP contribution in [0.3, 0.4) is 0 Å². The van der Waals surface area contributed by atoms with Gasteiger partial charge in [-0.2, -0.15) is 0 Å². The maximum absolute atomic E-state index is 6.35. The molecule has 0 radical (unpaired) electrons. The van der Waals surface area contributed by atoms with E-state index in [1.165, 1.54) is 144 Å². The highest BCUT2D eigenvalue weighted by Crippen LogP contribution is 2.59. The van der Waals surface area contributed by atoms with Gasteiger partial charge in [-0.15, -0.1) is 0 Å². The van der Waals surface area contributed by atoms with Crippen molar-refractivity contribution in [3.63, 3.8) is 0 Å². The number of para-hydroxylation sites is 3. The Bertz CT molecular complexity index is 8220. The van der Waals surface area contributed by atoms with Gasteiger partial charge in [-0.3, -0.25) is 0 Å². The fourth-order valence-electron chi connectivity index (χ4n) is 22.4. The Balaban J connectivity index is 0.000000111. The number of rotatable bonds is 12. The second-order valence-electron chi connectivity index (χ2n) is 39.4. The van der Waals surface area contributed by atoms with Crippen molar-refractivity contribution < 1.29 is 14.2 Å². The van der Waals surface area contributed by atoms with Crippen LogP contribution in [0.4, 0.5) is 51.2 Å². The first-order chi connectivity index (χ1) is 68.4. The van der Waals surface area contributed by atoms with E-state index in [4.69, 9.17) is 14.2 Å². The summed E-state index contributed by atoms with van der Waals surface area (Å²) in [7, 11) is 0. The van der Waals surface area contributed by atoms with Crippen molar-refractivity contribution in [3.05, 3.63) is 499 Å². The molecule has 27 rings (SSSR count). The molecule has 672 valence electrons. The van der Waals surface area contributed by atoms with E-state index >= 15 is 0 Å². The van der Waals surface area contributed by atoms with Crippen LogP contribution in [0.2, 0.25) is 0 Å². The van der Waals surface area contributed by atoms with E-state index in [-0.39, 0.29) is 21.7 Å². The molecule has 0 atom stereocenters. The first-order valence-corrected chi connectivity index (χ1v) is 50.0. The molecule has 6 nitrogen and oxygen atoms in total. The van der Waals surface area contributed by atoms with Crippen LogP contribution >= 0.6 is 23.5 Å². The SMILES string of the molecule is CC1(C)c2ccccc2-c2ccc(N(c3ccc(-c4ccc5c(c4)Oc4ccccc4S5)cc3)c3cccc4ccccc34)cc21.CC1(C)c2ccccc2-c2ccc(N(c3ccc(-c4ccc5c(c4)Sc4ccccc4O5)cc3)c3cccc4ccccc34)cc21.CC1(C)c2ccccc2Oc2ccc(-c3ccc(N(c4ccc5c(c4)C(C)(C)c4ccccc4-5)c4cccc5ccccc45)cc3)cc21. The molecule has 0 fully saturated rings. The van der Waals surface area contributed by atoms with Gasteiger partial charge in [-0.05, 0) is 274 Å². The third kappa shape index (κ3) is 14.6. The summed E-state index contributed by atoms with van der Waals surface area (Å²) in [5.74, 6) is 5.53. The van der Waals surface area contributed by atoms with Gasteiger partial charge in [0.25, 0.3) is 0 Å². The molecule has 0 saturated heterocycles. The lowest BCUT2D eigenvalue weighted by Gasteiger charge is -2.34. The summed E-state index contributed by atoms with van der Waals surface area (Å²) in [5, 5.41) is 7.36. The maximum atomic E-state index is 6.35. The molecule has 3 aliphatic carbocycles. The van der Waals surface area contributed by atoms with Crippen molar-refractivity contribution in [2.24, 2.45) is 0 Å². The number of anilines is 9. The molecule has 21 aromatic rings. The lowest BCUT2D eigenvalue weighted by molar-refractivity contribution is 0.418. The fourth-order valence-corrected chi connectivity index (χ4v) is 24.4. The summed E-state index contributed by atoms with van der Waals surface area (Å²) >= 11 is 3.53. The van der Waals surface area contributed by atoms with Crippen LogP contribution in [0.15, 0.2) is 475 Å². The lowest BCUT2D eigenvalue weighted by Crippen LogP contribution is -2.24. The first-order valence-electron chi connectivity index (χ1n) is 48.4. The second-order valence-corrected chi connectivity index (χ2v) is 41.6. The maximum Gasteiger partial charge on any atom is 0.142 e. The van der Waals surface area contributed by atoms with E-state index in [0.717, 1.165) is 105 Å². The van der Waals surface area contributed by atoms with Gasteiger partial charge in [0.2, 0.25) is 0 Å². The van der Waals surface area contributed by atoms with Gasteiger partial charge in [0.05, 0.1) is 36.6 Å². The number of fused-ring (bicyclic) bond motifs is 18. The second kappa shape index (κ2) is 34.0. The average molecular weight is 1840 g/mol. The summed E-state index contributed by atoms with van der Waals surface area (Å²) in [6.07, 6.45) is 0. The van der Waals surface area contributed by atoms with Crippen molar-refractivity contribution in [3.8, 4) is 101 Å². The molecule has 6 aliphatic rings. The number of benzene rings is 21. The van der Waals surface area contributed by atoms with Gasteiger partial charge in [-0.25, -0.2) is 0 Å². The van der Waals surface area contributed by atoms with Crippen LogP contribution in [0.25, 0.3) is 99.1 Å². The largest absolute Gasteiger partial charge is 0.457 e. The number of hydrogen-bond acceptors (Lipinski definition) is 8. The Morgan fingerprint density at radius 2 is 0.450 bits per heavy atom. The van der Waals surface area contributed by atoms with E-state index < -0.39 is 0 Å². The van der Waals surface area contributed by atoms with E-state index in [2.05, 4.69) is 495 Å². The van der Waals surface area contributed by atoms with Crippen molar-refractivity contribution >= 4 is 107 Å². The van der Waals surface area contributed by atoms with Crippen LogP contribution in [0, 0.1) is 0 Å². The van der Waals surface area contributed by atoms with Gasteiger partial charge < -0.3 is 28.9 Å². The molecule has 0 spiro atoms. The van der Waals surface area contributed by atoms with Crippen LogP contribution in [-0.4, -0.2) is 0 Å². The van der Waals surface area contributed by atoms with Gasteiger partial charge in [0, 0.05) is 83.1 Å². The zero-order chi connectivity index (χ0) is 94.3. The third-order valence-electron chi connectivity index (χ3n) is 29.8. The third-order valence-corrected chi connectivity index (χ3v) is 32.0. The Labute approximate surface area is 827 Å². The Kier molecular flexibility index (Phi) is 20.8. The molecule has 3 heterocycles. The molecule has 0 saturated carbocycles. The monoisotopic (exact) mass is 1840 g/mol. The normalized spacial score (nSPS) is 14.1. The van der Waals surface area contributed by atoms with Crippen LogP contribution in [0.1, 0.15) is 99.9 Å². The fraction of sp³-hybridized carbons (Fsp3) is 0.0909. The Hall–Kier alpha value is -16.1. The van der Waals surface area contributed by atoms with E-state index in [1.54, 1.807) is 23.5 Å². The minimum absolute atomic E-state index is 0.0785. The minimum Gasteiger partial charge on any atom is -0.457 e. The Morgan fingerprint density at radius 3 is 0.886 bits per heavy atom. The summed E-state index contributed by atoms with van der Waals surface area (Å²) < 4.78 is 18.8. The molecule has 0 N–H and O–H groups in total. The minimum atomic E-state index is -0.160. The molecule has 0 bridgehead atoms. The first kappa shape index (κ1) is 85.6. The van der Waals surface area contributed by atoms with Crippen molar-refractivity contribution in [1.29, 1.82) is 0 Å². The van der Waals surface area contributed by atoms with Crippen molar-refractivity contribution in [2.75, 3.05) is 14.7 Å². The zero-order valence-corrected chi connectivity index (χ0v) is 80.8. The van der Waals surface area contributed by atoms with Gasteiger partial charge in [0.1, 0.15) is 34.5 Å². The smallest absolute Gasteiger partial charge is 0.142 e. The van der Waals surface area contributed by atoms with E-state index in [0.29, 0.717) is 0 Å². The molecule has 21 aromatic carbocycles. The molecular formula is C132H99N3O3S2.